The molecule has 18 heavy (non-hydrogen) atoms. The van der Waals surface area contributed by atoms with Crippen LogP contribution in [0, 0.1) is 5.92 Å². The number of hydrogen-bond acceptors (Lipinski definition) is 1. The zero-order valence-electron chi connectivity index (χ0n) is 11.6. The minimum atomic E-state index is 0.244. The van der Waals surface area contributed by atoms with E-state index in [1.165, 1.54) is 12.8 Å². The van der Waals surface area contributed by atoms with Gasteiger partial charge in [0, 0.05) is 22.1 Å². The first-order valence-corrected chi connectivity index (χ1v) is 7.40. The van der Waals surface area contributed by atoms with Gasteiger partial charge in [-0.3, -0.25) is 0 Å². The molecule has 3 atom stereocenters. The summed E-state index contributed by atoms with van der Waals surface area (Å²) in [5.74, 6) is 0.750. The summed E-state index contributed by atoms with van der Waals surface area (Å²) in [7, 11) is 0. The first kappa shape index (κ1) is 15.8. The molecule has 0 spiro atoms. The second kappa shape index (κ2) is 7.37. The van der Waals surface area contributed by atoms with Gasteiger partial charge < -0.3 is 5.32 Å². The molecule has 1 rings (SSSR count). The van der Waals surface area contributed by atoms with Gasteiger partial charge in [-0.05, 0) is 43.9 Å². The maximum Gasteiger partial charge on any atom is 0.0468 e. The van der Waals surface area contributed by atoms with Gasteiger partial charge in [-0.2, -0.15) is 0 Å². The second-order valence-electron chi connectivity index (χ2n) is 5.20. The highest BCUT2D eigenvalue weighted by atomic mass is 35.5. The van der Waals surface area contributed by atoms with Crippen LogP contribution in [0.3, 0.4) is 0 Å². The lowest BCUT2D eigenvalue weighted by Crippen LogP contribution is -2.30. The summed E-state index contributed by atoms with van der Waals surface area (Å²) >= 11 is 12.1. The van der Waals surface area contributed by atoms with Crippen LogP contribution in [0.15, 0.2) is 18.2 Å². The van der Waals surface area contributed by atoms with E-state index in [1.807, 2.05) is 12.1 Å². The van der Waals surface area contributed by atoms with Gasteiger partial charge in [0.05, 0.1) is 0 Å². The normalized spacial score (nSPS) is 16.3. The Morgan fingerprint density at radius 2 is 1.83 bits per heavy atom. The molecule has 0 amide bonds. The fourth-order valence-electron chi connectivity index (χ4n) is 2.21. The van der Waals surface area contributed by atoms with E-state index in [0.29, 0.717) is 11.1 Å². The average molecular weight is 288 g/mol. The predicted molar refractivity (Wildman–Crippen MR) is 81.5 cm³/mol. The first-order valence-electron chi connectivity index (χ1n) is 6.65. The largest absolute Gasteiger partial charge is 0.308 e. The standard InChI is InChI=1S/C15H23Cl2N/c1-5-10(2)8-11(3)18-12(4)14-7-6-13(16)9-15(14)17/h6-7,9-12,18H,5,8H2,1-4H3. The summed E-state index contributed by atoms with van der Waals surface area (Å²) in [4.78, 5) is 0. The molecule has 3 unspecified atom stereocenters. The zero-order chi connectivity index (χ0) is 13.7. The molecule has 0 bridgehead atoms. The van der Waals surface area contributed by atoms with Crippen molar-refractivity contribution >= 4 is 23.2 Å². The van der Waals surface area contributed by atoms with Gasteiger partial charge in [-0.25, -0.2) is 0 Å². The molecule has 0 radical (unpaired) electrons. The quantitative estimate of drug-likeness (QED) is 0.732. The summed E-state index contributed by atoms with van der Waals surface area (Å²) in [6.45, 7) is 8.89. The maximum absolute atomic E-state index is 6.22. The van der Waals surface area contributed by atoms with Crippen LogP contribution in [0.4, 0.5) is 0 Å². The molecule has 0 saturated heterocycles. The van der Waals surface area contributed by atoms with Crippen molar-refractivity contribution in [2.75, 3.05) is 0 Å². The molecule has 0 heterocycles. The van der Waals surface area contributed by atoms with E-state index in [9.17, 15) is 0 Å². The lowest BCUT2D eigenvalue weighted by atomic mass is 9.99. The van der Waals surface area contributed by atoms with Gasteiger partial charge in [-0.1, -0.05) is 49.5 Å². The lowest BCUT2D eigenvalue weighted by molar-refractivity contribution is 0.385. The fourth-order valence-corrected chi connectivity index (χ4v) is 2.78. The Balaban J connectivity index is 2.61. The molecule has 1 N–H and O–H groups in total. The summed E-state index contributed by atoms with van der Waals surface area (Å²) in [6.07, 6.45) is 2.41. The van der Waals surface area contributed by atoms with Crippen LogP contribution in [-0.2, 0) is 0 Å². The summed E-state index contributed by atoms with van der Waals surface area (Å²) < 4.78 is 0. The molecular formula is C15H23Cl2N. The van der Waals surface area contributed by atoms with E-state index in [1.54, 1.807) is 6.07 Å². The highest BCUT2D eigenvalue weighted by Gasteiger charge is 2.14. The fraction of sp³-hybridized carbons (Fsp3) is 0.600. The molecule has 1 nitrogen and oxygen atoms in total. The van der Waals surface area contributed by atoms with Crippen molar-refractivity contribution in [3.8, 4) is 0 Å². The van der Waals surface area contributed by atoms with E-state index in [2.05, 4.69) is 33.0 Å². The maximum atomic E-state index is 6.22. The summed E-state index contributed by atoms with van der Waals surface area (Å²) in [5.41, 5.74) is 1.11. The molecule has 1 aromatic carbocycles. The highest BCUT2D eigenvalue weighted by Crippen LogP contribution is 2.26. The molecule has 0 aliphatic carbocycles. The Morgan fingerprint density at radius 1 is 1.17 bits per heavy atom. The van der Waals surface area contributed by atoms with Gasteiger partial charge in [0.2, 0.25) is 0 Å². The third-order valence-electron chi connectivity index (χ3n) is 3.42. The molecule has 0 saturated carbocycles. The SMILES string of the molecule is CCC(C)CC(C)NC(C)c1ccc(Cl)cc1Cl. The van der Waals surface area contributed by atoms with Crippen LogP contribution < -0.4 is 5.32 Å². The van der Waals surface area contributed by atoms with Crippen molar-refractivity contribution in [3.63, 3.8) is 0 Å². The predicted octanol–water partition coefficient (Wildman–Crippen LogP) is 5.47. The topological polar surface area (TPSA) is 12.0 Å². The number of benzene rings is 1. The van der Waals surface area contributed by atoms with Gasteiger partial charge in [0.25, 0.3) is 0 Å². The van der Waals surface area contributed by atoms with Crippen LogP contribution in [0.1, 0.15) is 52.1 Å². The first-order chi connectivity index (χ1) is 8.43. The van der Waals surface area contributed by atoms with Crippen LogP contribution >= 0.6 is 23.2 Å². The Labute approximate surface area is 121 Å². The Morgan fingerprint density at radius 3 is 2.39 bits per heavy atom. The van der Waals surface area contributed by atoms with E-state index >= 15 is 0 Å². The summed E-state index contributed by atoms with van der Waals surface area (Å²) in [6, 6.07) is 6.42. The number of hydrogen-bond donors (Lipinski definition) is 1. The van der Waals surface area contributed by atoms with E-state index < -0.39 is 0 Å². The zero-order valence-corrected chi connectivity index (χ0v) is 13.1. The van der Waals surface area contributed by atoms with E-state index in [-0.39, 0.29) is 6.04 Å². The number of rotatable bonds is 6. The molecule has 3 heteroatoms. The van der Waals surface area contributed by atoms with Crippen molar-refractivity contribution < 1.29 is 0 Å². The molecule has 0 fully saturated rings. The molecule has 1 aromatic rings. The minimum Gasteiger partial charge on any atom is -0.308 e. The molecular weight excluding hydrogens is 265 g/mol. The number of nitrogens with one attached hydrogen (secondary N) is 1. The lowest BCUT2D eigenvalue weighted by Gasteiger charge is -2.23. The van der Waals surface area contributed by atoms with E-state index in [0.717, 1.165) is 16.5 Å². The van der Waals surface area contributed by atoms with Crippen molar-refractivity contribution in [2.24, 2.45) is 5.92 Å². The monoisotopic (exact) mass is 287 g/mol. The van der Waals surface area contributed by atoms with Gasteiger partial charge in [0.15, 0.2) is 0 Å². The minimum absolute atomic E-state index is 0.244. The van der Waals surface area contributed by atoms with Crippen molar-refractivity contribution in [1.29, 1.82) is 0 Å². The van der Waals surface area contributed by atoms with Crippen LogP contribution in [-0.4, -0.2) is 6.04 Å². The third kappa shape index (κ3) is 4.79. The van der Waals surface area contributed by atoms with Crippen LogP contribution in [0.25, 0.3) is 0 Å². The van der Waals surface area contributed by atoms with Crippen molar-refractivity contribution in [1.82, 2.24) is 5.32 Å². The Bertz CT molecular complexity index is 379. The highest BCUT2D eigenvalue weighted by molar-refractivity contribution is 6.35. The van der Waals surface area contributed by atoms with Crippen LogP contribution in [0.2, 0.25) is 10.0 Å². The van der Waals surface area contributed by atoms with Gasteiger partial charge >= 0.3 is 0 Å². The van der Waals surface area contributed by atoms with Gasteiger partial charge in [0.1, 0.15) is 0 Å². The molecule has 102 valence electrons. The van der Waals surface area contributed by atoms with Gasteiger partial charge in [-0.15, -0.1) is 0 Å². The van der Waals surface area contributed by atoms with Crippen molar-refractivity contribution in [2.45, 2.75) is 52.6 Å². The molecule has 0 aliphatic heterocycles. The molecule has 0 aromatic heterocycles. The Kier molecular flexibility index (Phi) is 6.48. The smallest absolute Gasteiger partial charge is 0.0468 e. The Hall–Kier alpha value is -0.240. The van der Waals surface area contributed by atoms with Crippen molar-refractivity contribution in [3.05, 3.63) is 33.8 Å². The number of halogens is 2. The third-order valence-corrected chi connectivity index (χ3v) is 3.98. The molecule has 0 aliphatic rings. The van der Waals surface area contributed by atoms with Crippen LogP contribution in [0.5, 0.6) is 0 Å². The summed E-state index contributed by atoms with van der Waals surface area (Å²) in [5, 5.41) is 5.01. The second-order valence-corrected chi connectivity index (χ2v) is 6.05. The average Bonchev–Trinajstić information content (AvgIpc) is 2.28. The van der Waals surface area contributed by atoms with E-state index in [4.69, 9.17) is 23.2 Å².